The fourth-order valence-corrected chi connectivity index (χ4v) is 4.15. The maximum Gasteiger partial charge on any atom is 0.220 e. The molecule has 1 aromatic heterocycles. The summed E-state index contributed by atoms with van der Waals surface area (Å²) in [6, 6.07) is 12.6. The van der Waals surface area contributed by atoms with Crippen molar-refractivity contribution in [1.82, 2.24) is 10.3 Å². The van der Waals surface area contributed by atoms with Gasteiger partial charge in [0.1, 0.15) is 0 Å². The van der Waals surface area contributed by atoms with Crippen molar-refractivity contribution in [3.63, 3.8) is 0 Å². The Kier molecular flexibility index (Phi) is 5.95. The van der Waals surface area contributed by atoms with E-state index in [-0.39, 0.29) is 16.9 Å². The molecule has 0 aliphatic carbocycles. The first-order valence-electron chi connectivity index (χ1n) is 9.75. The lowest BCUT2D eigenvalue weighted by atomic mass is 9.67. The van der Waals surface area contributed by atoms with Crippen molar-refractivity contribution >= 4 is 5.91 Å². The topological polar surface area (TPSA) is 51.2 Å². The number of aromatic nitrogens is 1. The maximum atomic E-state index is 12.8. The number of aryl methyl sites for hydroxylation is 1. The Labute approximate surface area is 162 Å². The van der Waals surface area contributed by atoms with E-state index in [1.165, 1.54) is 16.7 Å². The highest BCUT2D eigenvalue weighted by molar-refractivity contribution is 5.77. The number of nitrogens with zero attached hydrogens (tertiary/aromatic N) is 1. The summed E-state index contributed by atoms with van der Waals surface area (Å²) in [4.78, 5) is 16.8. The van der Waals surface area contributed by atoms with Crippen molar-refractivity contribution in [2.75, 3.05) is 13.2 Å². The van der Waals surface area contributed by atoms with E-state index in [1.807, 2.05) is 12.1 Å². The first-order chi connectivity index (χ1) is 12.9. The Morgan fingerprint density at radius 3 is 2.52 bits per heavy atom. The van der Waals surface area contributed by atoms with Crippen LogP contribution in [0.3, 0.4) is 0 Å². The summed E-state index contributed by atoms with van der Waals surface area (Å²) in [6.07, 6.45) is 6.61. The minimum Gasteiger partial charge on any atom is -0.376 e. The number of benzene rings is 1. The van der Waals surface area contributed by atoms with E-state index in [9.17, 15) is 4.79 Å². The van der Waals surface area contributed by atoms with Crippen molar-refractivity contribution in [2.24, 2.45) is 0 Å². The zero-order valence-electron chi connectivity index (χ0n) is 16.6. The van der Waals surface area contributed by atoms with Gasteiger partial charge in [-0.15, -0.1) is 0 Å². The first-order valence-corrected chi connectivity index (χ1v) is 9.75. The Bertz CT molecular complexity index is 756. The minimum absolute atomic E-state index is 0.113. The third-order valence-electron chi connectivity index (χ3n) is 5.49. The van der Waals surface area contributed by atoms with Crippen molar-refractivity contribution in [3.05, 3.63) is 65.5 Å². The standard InChI is InChI=1S/C23H30N2O2/c1-18-4-6-20(7-5-18)23(11-15-27-22(2,3)17-23)16-21(26)25-14-10-19-8-12-24-13-9-19/h4-9,12-13H,10-11,14-17H2,1-3H3,(H,25,26). The van der Waals surface area contributed by atoms with E-state index < -0.39 is 0 Å². The highest BCUT2D eigenvalue weighted by Gasteiger charge is 2.43. The summed E-state index contributed by atoms with van der Waals surface area (Å²) >= 11 is 0. The van der Waals surface area contributed by atoms with Crippen LogP contribution in [0.15, 0.2) is 48.8 Å². The van der Waals surface area contributed by atoms with Crippen LogP contribution in [-0.4, -0.2) is 29.6 Å². The van der Waals surface area contributed by atoms with Crippen LogP contribution < -0.4 is 5.32 Å². The van der Waals surface area contributed by atoms with Gasteiger partial charge in [-0.1, -0.05) is 29.8 Å². The van der Waals surface area contributed by atoms with Gasteiger partial charge in [0, 0.05) is 37.4 Å². The smallest absolute Gasteiger partial charge is 0.220 e. The third kappa shape index (κ3) is 5.16. The Morgan fingerprint density at radius 1 is 1.15 bits per heavy atom. The second-order valence-corrected chi connectivity index (χ2v) is 8.31. The van der Waals surface area contributed by atoms with Crippen molar-refractivity contribution in [3.8, 4) is 0 Å². The SMILES string of the molecule is Cc1ccc(C2(CC(=O)NCCc3ccncc3)CCOC(C)(C)C2)cc1. The lowest BCUT2D eigenvalue weighted by molar-refractivity contribution is -0.126. The van der Waals surface area contributed by atoms with E-state index in [0.29, 0.717) is 19.6 Å². The number of ether oxygens (including phenoxy) is 1. The van der Waals surface area contributed by atoms with E-state index in [1.54, 1.807) is 12.4 Å². The molecule has 0 bridgehead atoms. The second kappa shape index (κ2) is 8.22. The van der Waals surface area contributed by atoms with Crippen molar-refractivity contribution in [2.45, 2.75) is 57.5 Å². The maximum absolute atomic E-state index is 12.8. The molecule has 1 N–H and O–H groups in total. The number of rotatable bonds is 6. The molecule has 27 heavy (non-hydrogen) atoms. The highest BCUT2D eigenvalue weighted by atomic mass is 16.5. The molecule has 1 fully saturated rings. The molecule has 144 valence electrons. The molecular formula is C23H30N2O2. The number of hydrogen-bond acceptors (Lipinski definition) is 3. The molecule has 1 amide bonds. The van der Waals surface area contributed by atoms with Gasteiger partial charge in [0.25, 0.3) is 0 Å². The number of amides is 1. The van der Waals surface area contributed by atoms with Gasteiger partial charge >= 0.3 is 0 Å². The number of carbonyl (C=O) groups is 1. The Morgan fingerprint density at radius 2 is 1.85 bits per heavy atom. The van der Waals surface area contributed by atoms with Gasteiger partial charge < -0.3 is 10.1 Å². The van der Waals surface area contributed by atoms with Crippen LogP contribution in [0.5, 0.6) is 0 Å². The van der Waals surface area contributed by atoms with Crippen LogP contribution in [0.25, 0.3) is 0 Å². The number of carbonyl (C=O) groups excluding carboxylic acids is 1. The Hall–Kier alpha value is -2.20. The second-order valence-electron chi connectivity index (χ2n) is 8.31. The van der Waals surface area contributed by atoms with Crippen LogP contribution in [0, 0.1) is 6.92 Å². The first kappa shape index (κ1) is 19.6. The van der Waals surface area contributed by atoms with E-state index in [0.717, 1.165) is 19.3 Å². The van der Waals surface area contributed by atoms with Crippen LogP contribution in [0.4, 0.5) is 0 Å². The number of pyridine rings is 1. The third-order valence-corrected chi connectivity index (χ3v) is 5.49. The molecule has 0 saturated carbocycles. The molecule has 2 heterocycles. The van der Waals surface area contributed by atoms with E-state index >= 15 is 0 Å². The molecule has 0 spiro atoms. The van der Waals surface area contributed by atoms with Crippen LogP contribution in [-0.2, 0) is 21.4 Å². The van der Waals surface area contributed by atoms with Crippen LogP contribution in [0.2, 0.25) is 0 Å². The quantitative estimate of drug-likeness (QED) is 0.842. The van der Waals surface area contributed by atoms with Gasteiger partial charge in [-0.25, -0.2) is 0 Å². The molecule has 4 nitrogen and oxygen atoms in total. The lowest BCUT2D eigenvalue weighted by Crippen LogP contribution is -2.46. The number of hydrogen-bond donors (Lipinski definition) is 1. The van der Waals surface area contributed by atoms with Crippen molar-refractivity contribution < 1.29 is 9.53 Å². The predicted molar refractivity (Wildman–Crippen MR) is 108 cm³/mol. The van der Waals surface area contributed by atoms with Crippen molar-refractivity contribution in [1.29, 1.82) is 0 Å². The largest absolute Gasteiger partial charge is 0.376 e. The number of nitrogens with one attached hydrogen (secondary N) is 1. The monoisotopic (exact) mass is 366 g/mol. The average molecular weight is 367 g/mol. The fraction of sp³-hybridized carbons (Fsp3) is 0.478. The molecule has 1 aliphatic rings. The minimum atomic E-state index is -0.222. The summed E-state index contributed by atoms with van der Waals surface area (Å²) in [7, 11) is 0. The highest BCUT2D eigenvalue weighted by Crippen LogP contribution is 2.44. The molecule has 1 saturated heterocycles. The normalized spacial score (nSPS) is 21.6. The Balaban J connectivity index is 1.69. The summed E-state index contributed by atoms with van der Waals surface area (Å²) in [5, 5.41) is 3.11. The summed E-state index contributed by atoms with van der Waals surface area (Å²) < 4.78 is 5.95. The van der Waals surface area contributed by atoms with Gasteiger partial charge in [0.2, 0.25) is 5.91 Å². The molecule has 4 heteroatoms. The summed E-state index contributed by atoms with van der Waals surface area (Å²) in [5.41, 5.74) is 3.28. The van der Waals surface area contributed by atoms with Gasteiger partial charge in [-0.05, 0) is 63.3 Å². The summed E-state index contributed by atoms with van der Waals surface area (Å²) in [6.45, 7) is 7.67. The lowest BCUT2D eigenvalue weighted by Gasteiger charge is -2.45. The molecule has 2 aromatic rings. The molecule has 1 unspecified atom stereocenters. The van der Waals surface area contributed by atoms with Gasteiger partial charge in [0.15, 0.2) is 0 Å². The molecular weight excluding hydrogens is 336 g/mol. The molecule has 0 radical (unpaired) electrons. The molecule has 1 aliphatic heterocycles. The van der Waals surface area contributed by atoms with E-state index in [2.05, 4.69) is 55.3 Å². The zero-order valence-corrected chi connectivity index (χ0v) is 16.6. The van der Waals surface area contributed by atoms with E-state index in [4.69, 9.17) is 4.74 Å². The summed E-state index contributed by atoms with van der Waals surface area (Å²) in [5.74, 6) is 0.113. The van der Waals surface area contributed by atoms with Gasteiger partial charge in [0.05, 0.1) is 5.60 Å². The molecule has 1 aromatic carbocycles. The predicted octanol–water partition coefficient (Wildman–Crippen LogP) is 3.97. The molecule has 3 rings (SSSR count). The zero-order chi connectivity index (χ0) is 19.3. The van der Waals surface area contributed by atoms with Crippen LogP contribution >= 0.6 is 0 Å². The van der Waals surface area contributed by atoms with Crippen LogP contribution in [0.1, 0.15) is 49.8 Å². The average Bonchev–Trinajstić information content (AvgIpc) is 2.62. The van der Waals surface area contributed by atoms with Gasteiger partial charge in [-0.2, -0.15) is 0 Å². The fourth-order valence-electron chi connectivity index (χ4n) is 4.15. The van der Waals surface area contributed by atoms with Gasteiger partial charge in [-0.3, -0.25) is 9.78 Å². The molecule has 1 atom stereocenters.